The first-order valence-electron chi connectivity index (χ1n) is 14.6. The van der Waals surface area contributed by atoms with E-state index in [1.165, 1.54) is 49.0 Å². The molecule has 0 aliphatic rings. The minimum Gasteiger partial charge on any atom is -0.455 e. The summed E-state index contributed by atoms with van der Waals surface area (Å²) in [6.45, 7) is 0. The number of benzene rings is 7. The highest BCUT2D eigenvalue weighted by atomic mass is 16.3. The largest absolute Gasteiger partial charge is 0.455 e. The van der Waals surface area contributed by atoms with E-state index in [2.05, 4.69) is 146 Å². The molecule has 0 unspecified atom stereocenters. The van der Waals surface area contributed by atoms with Gasteiger partial charge >= 0.3 is 0 Å². The Morgan fingerprint density at radius 1 is 0.419 bits per heavy atom. The van der Waals surface area contributed by atoms with Crippen molar-refractivity contribution < 1.29 is 4.42 Å². The van der Waals surface area contributed by atoms with Gasteiger partial charge in [-0.25, -0.2) is 0 Å². The second kappa shape index (κ2) is 9.40. The predicted molar refractivity (Wildman–Crippen MR) is 180 cm³/mol. The average Bonchev–Trinajstić information content (AvgIpc) is 3.47. The average molecular weight is 548 g/mol. The number of para-hydroxylation sites is 1. The van der Waals surface area contributed by atoms with Gasteiger partial charge in [0.2, 0.25) is 0 Å². The van der Waals surface area contributed by atoms with Crippen LogP contribution in [0.3, 0.4) is 0 Å². The zero-order valence-electron chi connectivity index (χ0n) is 23.3. The second-order valence-corrected chi connectivity index (χ2v) is 11.1. The smallest absolute Gasteiger partial charge is 0.144 e. The fraction of sp³-hybridized carbons (Fsp3) is 0. The maximum Gasteiger partial charge on any atom is 0.144 e. The Morgan fingerprint density at radius 2 is 1.02 bits per heavy atom. The van der Waals surface area contributed by atoms with Crippen molar-refractivity contribution in [2.75, 3.05) is 0 Å². The van der Waals surface area contributed by atoms with Gasteiger partial charge in [-0.1, -0.05) is 127 Å². The third kappa shape index (κ3) is 3.63. The molecule has 43 heavy (non-hydrogen) atoms. The van der Waals surface area contributed by atoms with Gasteiger partial charge in [-0.15, -0.1) is 0 Å². The van der Waals surface area contributed by atoms with Crippen molar-refractivity contribution in [2.24, 2.45) is 0 Å². The fourth-order valence-corrected chi connectivity index (χ4v) is 6.83. The van der Waals surface area contributed by atoms with E-state index in [1.807, 2.05) is 6.20 Å². The molecule has 2 heterocycles. The molecular weight excluding hydrogens is 522 g/mol. The van der Waals surface area contributed by atoms with Crippen molar-refractivity contribution in [1.29, 1.82) is 0 Å². The molecule has 200 valence electrons. The van der Waals surface area contributed by atoms with E-state index in [9.17, 15) is 0 Å². The van der Waals surface area contributed by atoms with Gasteiger partial charge < -0.3 is 4.42 Å². The van der Waals surface area contributed by atoms with Crippen LogP contribution in [0, 0.1) is 0 Å². The Kier molecular flexibility index (Phi) is 5.23. The number of aromatic nitrogens is 1. The van der Waals surface area contributed by atoms with Crippen molar-refractivity contribution in [3.63, 3.8) is 0 Å². The molecule has 0 atom stereocenters. The van der Waals surface area contributed by atoms with Crippen LogP contribution in [0.1, 0.15) is 0 Å². The summed E-state index contributed by atoms with van der Waals surface area (Å²) in [7, 11) is 0. The minimum atomic E-state index is 0.872. The summed E-state index contributed by atoms with van der Waals surface area (Å²) < 4.78 is 6.49. The maximum atomic E-state index is 6.49. The Bertz CT molecular complexity index is 2430. The summed E-state index contributed by atoms with van der Waals surface area (Å²) in [4.78, 5) is 5.04. The topological polar surface area (TPSA) is 26.0 Å². The predicted octanol–water partition coefficient (Wildman–Crippen LogP) is 11.4. The van der Waals surface area contributed by atoms with Gasteiger partial charge in [-0.05, 0) is 67.2 Å². The van der Waals surface area contributed by atoms with Crippen molar-refractivity contribution in [3.05, 3.63) is 152 Å². The van der Waals surface area contributed by atoms with Gasteiger partial charge in [0.15, 0.2) is 0 Å². The zero-order chi connectivity index (χ0) is 28.3. The summed E-state index contributed by atoms with van der Waals surface area (Å²) in [5.41, 5.74) is 8.46. The SMILES string of the molecule is c1ccc(-c2c3ccccc3c(-c3ccc(-c4cccc5c4oc4ccc6ccccc6c45)nc3)c3ccccc23)cc1. The molecule has 2 aromatic heterocycles. The fourth-order valence-electron chi connectivity index (χ4n) is 6.83. The van der Waals surface area contributed by atoms with Crippen LogP contribution in [0.4, 0.5) is 0 Å². The lowest BCUT2D eigenvalue weighted by Crippen LogP contribution is -1.92. The first-order chi connectivity index (χ1) is 21.3. The standard InChI is InChI=1S/C41H25NO/c1-2-12-27(13-3-1)38-30-15-6-8-17-32(30)39(33-18-9-7-16-31(33)38)28-21-23-36(42-25-28)34-19-10-20-35-40-29-14-5-4-11-26(29)22-24-37(40)43-41(34)35/h1-25H. The number of nitrogens with zero attached hydrogens (tertiary/aromatic N) is 1. The molecule has 0 bridgehead atoms. The third-order valence-electron chi connectivity index (χ3n) is 8.71. The third-order valence-corrected chi connectivity index (χ3v) is 8.71. The number of rotatable bonds is 3. The Morgan fingerprint density at radius 3 is 1.70 bits per heavy atom. The molecule has 0 saturated heterocycles. The summed E-state index contributed by atoms with van der Waals surface area (Å²) in [5, 5.41) is 9.62. The molecule has 0 aliphatic heterocycles. The van der Waals surface area contributed by atoms with E-state index < -0.39 is 0 Å². The van der Waals surface area contributed by atoms with E-state index in [-0.39, 0.29) is 0 Å². The van der Waals surface area contributed by atoms with Crippen LogP contribution in [-0.2, 0) is 0 Å². The molecule has 0 aliphatic carbocycles. The Hall–Kier alpha value is -5.73. The van der Waals surface area contributed by atoms with Crippen LogP contribution in [0.15, 0.2) is 156 Å². The summed E-state index contributed by atoms with van der Waals surface area (Å²) in [5.74, 6) is 0. The Balaban J connectivity index is 1.25. The summed E-state index contributed by atoms with van der Waals surface area (Å²) in [6, 6.07) is 51.5. The molecule has 0 amide bonds. The quantitative estimate of drug-likeness (QED) is 0.206. The van der Waals surface area contributed by atoms with Gasteiger partial charge in [0.05, 0.1) is 5.69 Å². The lowest BCUT2D eigenvalue weighted by Gasteiger charge is -2.17. The van der Waals surface area contributed by atoms with Crippen LogP contribution in [0.2, 0.25) is 0 Å². The highest BCUT2D eigenvalue weighted by Gasteiger charge is 2.18. The highest BCUT2D eigenvalue weighted by molar-refractivity contribution is 6.22. The van der Waals surface area contributed by atoms with E-state index in [0.29, 0.717) is 0 Å². The zero-order valence-corrected chi connectivity index (χ0v) is 23.3. The van der Waals surface area contributed by atoms with E-state index in [1.54, 1.807) is 0 Å². The number of pyridine rings is 1. The lowest BCUT2D eigenvalue weighted by molar-refractivity contribution is 0.670. The van der Waals surface area contributed by atoms with Gasteiger partial charge in [0, 0.05) is 28.1 Å². The van der Waals surface area contributed by atoms with Crippen molar-refractivity contribution >= 4 is 54.3 Å². The first kappa shape index (κ1) is 23.9. The van der Waals surface area contributed by atoms with E-state index >= 15 is 0 Å². The molecule has 9 rings (SSSR count). The van der Waals surface area contributed by atoms with Crippen LogP contribution >= 0.6 is 0 Å². The summed E-state index contributed by atoms with van der Waals surface area (Å²) >= 11 is 0. The molecular formula is C41H25NO. The van der Waals surface area contributed by atoms with Crippen LogP contribution in [0.5, 0.6) is 0 Å². The lowest BCUT2D eigenvalue weighted by atomic mass is 9.86. The van der Waals surface area contributed by atoms with Crippen LogP contribution < -0.4 is 0 Å². The van der Waals surface area contributed by atoms with Crippen LogP contribution in [-0.4, -0.2) is 4.98 Å². The van der Waals surface area contributed by atoms with E-state index in [0.717, 1.165) is 38.8 Å². The molecule has 0 spiro atoms. The molecule has 0 N–H and O–H groups in total. The Labute approximate surface area is 248 Å². The molecule has 2 nitrogen and oxygen atoms in total. The number of furan rings is 1. The normalized spacial score (nSPS) is 11.7. The molecule has 0 fully saturated rings. The molecule has 7 aromatic carbocycles. The molecule has 0 saturated carbocycles. The number of hydrogen-bond donors (Lipinski definition) is 0. The maximum absolute atomic E-state index is 6.49. The number of fused-ring (bicyclic) bond motifs is 7. The molecule has 0 radical (unpaired) electrons. The highest BCUT2D eigenvalue weighted by Crippen LogP contribution is 2.44. The second-order valence-electron chi connectivity index (χ2n) is 11.1. The van der Waals surface area contributed by atoms with Crippen LogP contribution in [0.25, 0.3) is 87.8 Å². The first-order valence-corrected chi connectivity index (χ1v) is 14.6. The number of hydrogen-bond acceptors (Lipinski definition) is 2. The van der Waals surface area contributed by atoms with Gasteiger partial charge in [0.1, 0.15) is 11.2 Å². The molecule has 9 aromatic rings. The van der Waals surface area contributed by atoms with E-state index in [4.69, 9.17) is 9.40 Å². The monoisotopic (exact) mass is 547 g/mol. The van der Waals surface area contributed by atoms with Gasteiger partial charge in [-0.2, -0.15) is 0 Å². The van der Waals surface area contributed by atoms with Crippen molar-refractivity contribution in [1.82, 2.24) is 4.98 Å². The minimum absolute atomic E-state index is 0.872. The molecule has 2 heteroatoms. The van der Waals surface area contributed by atoms with Crippen molar-refractivity contribution in [2.45, 2.75) is 0 Å². The van der Waals surface area contributed by atoms with Crippen molar-refractivity contribution in [3.8, 4) is 33.5 Å². The summed E-state index contributed by atoms with van der Waals surface area (Å²) in [6.07, 6.45) is 2.02. The van der Waals surface area contributed by atoms with Gasteiger partial charge in [-0.3, -0.25) is 4.98 Å². The van der Waals surface area contributed by atoms with Gasteiger partial charge in [0.25, 0.3) is 0 Å².